The number of carbonyl (C=O) groups excluding carboxylic acids is 1. The van der Waals surface area contributed by atoms with Gasteiger partial charge in [-0.2, -0.15) is 17.0 Å². The summed E-state index contributed by atoms with van der Waals surface area (Å²) in [6, 6.07) is 6.82. The topological polar surface area (TPSA) is 66.9 Å². The van der Waals surface area contributed by atoms with Gasteiger partial charge in [-0.05, 0) is 30.9 Å². The van der Waals surface area contributed by atoms with Crippen LogP contribution in [-0.4, -0.2) is 48.7 Å². The zero-order valence-corrected chi connectivity index (χ0v) is 15.0. The Hall–Kier alpha value is -1.44. The normalized spacial score (nSPS) is 25.9. The minimum absolute atomic E-state index is 0.0424. The standard InChI is InChI=1S/C17H24N2O4S/c1-13-7-5-6-10-18(13)24(21,22)19-12-15-9-4-3-8-14(15)11-16(19)17(20)23-2/h3-4,8-9,13,16H,5-7,10-12H2,1-2H3/t13-,16-/m1/s1. The van der Waals surface area contributed by atoms with Crippen LogP contribution in [0.15, 0.2) is 24.3 Å². The fourth-order valence-electron chi connectivity index (χ4n) is 3.63. The third-order valence-electron chi connectivity index (χ3n) is 5.01. The molecule has 1 fully saturated rings. The van der Waals surface area contributed by atoms with Crippen molar-refractivity contribution in [1.29, 1.82) is 0 Å². The van der Waals surface area contributed by atoms with Gasteiger partial charge < -0.3 is 4.74 Å². The molecule has 2 heterocycles. The maximum Gasteiger partial charge on any atom is 0.324 e. The van der Waals surface area contributed by atoms with E-state index in [1.807, 2.05) is 31.2 Å². The lowest BCUT2D eigenvalue weighted by Gasteiger charge is -2.40. The van der Waals surface area contributed by atoms with Crippen molar-refractivity contribution in [2.24, 2.45) is 0 Å². The first-order valence-corrected chi connectivity index (χ1v) is 9.78. The van der Waals surface area contributed by atoms with Crippen LogP contribution in [0.5, 0.6) is 0 Å². The van der Waals surface area contributed by atoms with E-state index in [4.69, 9.17) is 4.74 Å². The summed E-state index contributed by atoms with van der Waals surface area (Å²) >= 11 is 0. The third kappa shape index (κ3) is 3.08. The van der Waals surface area contributed by atoms with Crippen LogP contribution in [0.25, 0.3) is 0 Å². The molecule has 132 valence electrons. The number of ether oxygens (including phenoxy) is 1. The number of rotatable bonds is 3. The highest BCUT2D eigenvalue weighted by atomic mass is 32.2. The predicted octanol–water partition coefficient (Wildman–Crippen LogP) is 1.71. The summed E-state index contributed by atoms with van der Waals surface area (Å²) in [6.45, 7) is 2.65. The van der Waals surface area contributed by atoms with Crippen LogP contribution >= 0.6 is 0 Å². The van der Waals surface area contributed by atoms with E-state index >= 15 is 0 Å². The molecule has 6 nitrogen and oxygen atoms in total. The van der Waals surface area contributed by atoms with Crippen molar-refractivity contribution in [1.82, 2.24) is 8.61 Å². The molecule has 24 heavy (non-hydrogen) atoms. The summed E-state index contributed by atoms with van der Waals surface area (Å²) in [7, 11) is -2.41. The van der Waals surface area contributed by atoms with Gasteiger partial charge in [0.25, 0.3) is 10.2 Å². The zero-order chi connectivity index (χ0) is 17.3. The van der Waals surface area contributed by atoms with Crippen LogP contribution in [0.1, 0.15) is 37.3 Å². The van der Waals surface area contributed by atoms with Crippen molar-refractivity contribution >= 4 is 16.2 Å². The van der Waals surface area contributed by atoms with E-state index in [1.165, 1.54) is 11.4 Å². The molecule has 0 spiro atoms. The van der Waals surface area contributed by atoms with Gasteiger partial charge in [0.2, 0.25) is 0 Å². The molecular formula is C17H24N2O4S. The van der Waals surface area contributed by atoms with E-state index < -0.39 is 22.2 Å². The van der Waals surface area contributed by atoms with Crippen LogP contribution in [0.3, 0.4) is 0 Å². The van der Waals surface area contributed by atoms with Crippen molar-refractivity contribution in [2.45, 2.75) is 51.2 Å². The minimum Gasteiger partial charge on any atom is -0.468 e. The van der Waals surface area contributed by atoms with E-state index in [0.717, 1.165) is 30.4 Å². The molecule has 2 aliphatic heterocycles. The second-order valence-electron chi connectivity index (χ2n) is 6.52. The van der Waals surface area contributed by atoms with E-state index in [2.05, 4.69) is 0 Å². The molecule has 0 N–H and O–H groups in total. The first-order chi connectivity index (χ1) is 11.4. The Morgan fingerprint density at radius 3 is 2.54 bits per heavy atom. The van der Waals surface area contributed by atoms with Gasteiger partial charge in [0.1, 0.15) is 6.04 Å². The summed E-state index contributed by atoms with van der Waals surface area (Å²) < 4.78 is 34.2. The van der Waals surface area contributed by atoms with E-state index in [9.17, 15) is 13.2 Å². The zero-order valence-electron chi connectivity index (χ0n) is 14.1. The number of piperidine rings is 1. The lowest BCUT2D eigenvalue weighted by Crippen LogP contribution is -2.56. The molecule has 0 radical (unpaired) electrons. The van der Waals surface area contributed by atoms with Gasteiger partial charge in [0.15, 0.2) is 0 Å². The van der Waals surface area contributed by atoms with E-state index in [-0.39, 0.29) is 12.6 Å². The smallest absolute Gasteiger partial charge is 0.324 e. The number of hydrogen-bond donors (Lipinski definition) is 0. The highest BCUT2D eigenvalue weighted by Crippen LogP contribution is 2.30. The lowest BCUT2D eigenvalue weighted by atomic mass is 9.96. The number of methoxy groups -OCH3 is 1. The van der Waals surface area contributed by atoms with Gasteiger partial charge in [0.05, 0.1) is 7.11 Å². The minimum atomic E-state index is -3.72. The molecule has 1 aromatic rings. The summed E-state index contributed by atoms with van der Waals surface area (Å²) in [5, 5.41) is 0. The first kappa shape index (κ1) is 17.4. The Morgan fingerprint density at radius 2 is 1.88 bits per heavy atom. The highest BCUT2D eigenvalue weighted by Gasteiger charge is 2.43. The molecule has 3 rings (SSSR count). The molecule has 0 amide bonds. The third-order valence-corrected chi connectivity index (χ3v) is 7.12. The highest BCUT2D eigenvalue weighted by molar-refractivity contribution is 7.86. The second-order valence-corrected chi connectivity index (χ2v) is 8.35. The number of benzene rings is 1. The Balaban J connectivity index is 1.98. The van der Waals surface area contributed by atoms with Gasteiger partial charge in [0, 0.05) is 25.6 Å². The van der Waals surface area contributed by atoms with Gasteiger partial charge in [-0.15, -0.1) is 0 Å². The monoisotopic (exact) mass is 352 g/mol. The average molecular weight is 352 g/mol. The van der Waals surface area contributed by atoms with Crippen molar-refractivity contribution in [3.05, 3.63) is 35.4 Å². The van der Waals surface area contributed by atoms with Crippen molar-refractivity contribution in [2.75, 3.05) is 13.7 Å². The molecule has 0 saturated carbocycles. The second kappa shape index (κ2) is 6.82. The molecule has 0 unspecified atom stereocenters. The summed E-state index contributed by atoms with van der Waals surface area (Å²) in [5.74, 6) is -0.502. The molecule has 2 aliphatic rings. The SMILES string of the molecule is COC(=O)[C@H]1Cc2ccccc2CN1S(=O)(=O)N1CCCC[C@H]1C. The first-order valence-electron chi connectivity index (χ1n) is 8.38. The van der Waals surface area contributed by atoms with Crippen LogP contribution in [-0.2, 0) is 32.7 Å². The van der Waals surface area contributed by atoms with Gasteiger partial charge in [-0.1, -0.05) is 30.7 Å². The largest absolute Gasteiger partial charge is 0.468 e. The summed E-state index contributed by atoms with van der Waals surface area (Å²) in [5.41, 5.74) is 1.96. The van der Waals surface area contributed by atoms with Crippen LogP contribution < -0.4 is 0 Å². The Bertz CT molecular complexity index is 719. The number of fused-ring (bicyclic) bond motifs is 1. The number of carbonyl (C=O) groups is 1. The van der Waals surface area contributed by atoms with Crippen LogP contribution in [0.2, 0.25) is 0 Å². The maximum atomic E-state index is 13.2. The number of nitrogens with zero attached hydrogens (tertiary/aromatic N) is 2. The quantitative estimate of drug-likeness (QED) is 0.777. The molecule has 0 aliphatic carbocycles. The van der Waals surface area contributed by atoms with Gasteiger partial charge >= 0.3 is 5.97 Å². The molecule has 1 aromatic carbocycles. The van der Waals surface area contributed by atoms with Crippen LogP contribution in [0, 0.1) is 0 Å². The fourth-order valence-corrected chi connectivity index (χ4v) is 5.60. The summed E-state index contributed by atoms with van der Waals surface area (Å²) in [4.78, 5) is 12.3. The average Bonchev–Trinajstić information content (AvgIpc) is 2.60. The van der Waals surface area contributed by atoms with E-state index in [0.29, 0.717) is 13.0 Å². The van der Waals surface area contributed by atoms with Gasteiger partial charge in [-0.25, -0.2) is 0 Å². The molecule has 0 bridgehead atoms. The Kier molecular flexibility index (Phi) is 4.94. The predicted molar refractivity (Wildman–Crippen MR) is 90.4 cm³/mol. The Labute approximate surface area is 143 Å². The Morgan fingerprint density at radius 1 is 1.17 bits per heavy atom. The summed E-state index contributed by atoms with van der Waals surface area (Å²) in [6.07, 6.45) is 3.10. The molecule has 0 aromatic heterocycles. The molecule has 7 heteroatoms. The molecule has 1 saturated heterocycles. The number of esters is 1. The van der Waals surface area contributed by atoms with Crippen molar-refractivity contribution < 1.29 is 17.9 Å². The molecule has 2 atom stereocenters. The number of hydrogen-bond acceptors (Lipinski definition) is 4. The van der Waals surface area contributed by atoms with E-state index in [1.54, 1.807) is 4.31 Å². The van der Waals surface area contributed by atoms with Crippen LogP contribution in [0.4, 0.5) is 0 Å². The van der Waals surface area contributed by atoms with Crippen molar-refractivity contribution in [3.63, 3.8) is 0 Å². The fraction of sp³-hybridized carbons (Fsp3) is 0.588. The van der Waals surface area contributed by atoms with Gasteiger partial charge in [-0.3, -0.25) is 4.79 Å². The molecular weight excluding hydrogens is 328 g/mol. The maximum absolute atomic E-state index is 13.2. The lowest BCUT2D eigenvalue weighted by molar-refractivity contribution is -0.145. The van der Waals surface area contributed by atoms with Crippen molar-refractivity contribution in [3.8, 4) is 0 Å².